The molecule has 1 fully saturated rings. The minimum Gasteiger partial charge on any atom is -0.489 e. The van der Waals surface area contributed by atoms with Gasteiger partial charge in [0.25, 0.3) is 0 Å². The smallest absolute Gasteiger partial charge is 0.416 e. The van der Waals surface area contributed by atoms with Crippen LogP contribution in [-0.4, -0.2) is 58.1 Å². The van der Waals surface area contributed by atoms with Gasteiger partial charge in [0.1, 0.15) is 12.4 Å². The Morgan fingerprint density at radius 1 is 0.895 bits per heavy atom. The van der Waals surface area contributed by atoms with E-state index in [-0.39, 0.29) is 23.4 Å². The number of rotatable bonds is 7. The average Bonchev–Trinajstić information content (AvgIpc) is 3.40. The van der Waals surface area contributed by atoms with Gasteiger partial charge in [-0.1, -0.05) is 0 Å². The van der Waals surface area contributed by atoms with Crippen molar-refractivity contribution in [3.05, 3.63) is 77.9 Å². The van der Waals surface area contributed by atoms with Gasteiger partial charge in [0, 0.05) is 57.3 Å². The number of ether oxygens (including phenoxy) is 1. The molecule has 1 aliphatic rings. The van der Waals surface area contributed by atoms with Gasteiger partial charge in [0.15, 0.2) is 0 Å². The van der Waals surface area contributed by atoms with Crippen molar-refractivity contribution in [1.82, 2.24) is 19.4 Å². The van der Waals surface area contributed by atoms with Crippen molar-refractivity contribution in [2.45, 2.75) is 25.5 Å². The summed E-state index contributed by atoms with van der Waals surface area (Å²) in [5.74, 6) is 0.223. The molecule has 4 rings (SSSR count). The van der Waals surface area contributed by atoms with Crippen molar-refractivity contribution in [3.8, 4) is 5.75 Å². The number of benzene rings is 2. The first kappa shape index (κ1) is 27.3. The van der Waals surface area contributed by atoms with E-state index in [4.69, 9.17) is 4.74 Å². The molecule has 2 aromatic carbocycles. The van der Waals surface area contributed by atoms with Crippen LogP contribution in [0.1, 0.15) is 16.7 Å². The zero-order chi connectivity index (χ0) is 27.3. The summed E-state index contributed by atoms with van der Waals surface area (Å²) in [7, 11) is 0. The topological polar surface area (TPSA) is 62.6 Å². The molecular weight excluding hydrogens is 516 g/mol. The third kappa shape index (κ3) is 7.40. The number of hydrogen-bond donors (Lipinski definition) is 1. The van der Waals surface area contributed by atoms with Crippen LogP contribution in [0.5, 0.6) is 5.75 Å². The van der Waals surface area contributed by atoms with Crippen LogP contribution in [0.15, 0.2) is 61.2 Å². The van der Waals surface area contributed by atoms with Gasteiger partial charge in [-0.05, 0) is 48.0 Å². The van der Waals surface area contributed by atoms with E-state index in [2.05, 4.69) is 15.2 Å². The number of alkyl halides is 6. The number of anilines is 1. The molecule has 2 amide bonds. The lowest BCUT2D eigenvalue weighted by molar-refractivity contribution is -0.143. The van der Waals surface area contributed by atoms with Gasteiger partial charge in [-0.2, -0.15) is 26.3 Å². The fourth-order valence-electron chi connectivity index (χ4n) is 3.96. The minimum absolute atomic E-state index is 0.0718. The Hall–Kier alpha value is -3.74. The first-order valence-corrected chi connectivity index (χ1v) is 11.7. The molecule has 0 saturated carbocycles. The maximum Gasteiger partial charge on any atom is 0.416 e. The molecule has 38 heavy (non-hydrogen) atoms. The van der Waals surface area contributed by atoms with Crippen LogP contribution in [0.4, 0.5) is 36.8 Å². The molecule has 0 unspecified atom stereocenters. The highest BCUT2D eigenvalue weighted by molar-refractivity contribution is 5.89. The second-order valence-electron chi connectivity index (χ2n) is 8.79. The molecule has 7 nitrogen and oxygen atoms in total. The van der Waals surface area contributed by atoms with Gasteiger partial charge in [0.2, 0.25) is 0 Å². The van der Waals surface area contributed by atoms with Crippen LogP contribution in [0.3, 0.4) is 0 Å². The fourth-order valence-corrected chi connectivity index (χ4v) is 3.96. The Balaban J connectivity index is 1.27. The van der Waals surface area contributed by atoms with Crippen LogP contribution in [-0.2, 0) is 25.5 Å². The number of amides is 2. The molecule has 0 atom stereocenters. The van der Waals surface area contributed by atoms with Crippen LogP contribution in [0.2, 0.25) is 0 Å². The highest BCUT2D eigenvalue weighted by atomic mass is 19.4. The number of piperazine rings is 1. The number of carbonyl (C=O) groups excluding carboxylic acids is 1. The lowest BCUT2D eigenvalue weighted by Gasteiger charge is -2.34. The summed E-state index contributed by atoms with van der Waals surface area (Å²) in [5, 5.41) is 2.78. The van der Waals surface area contributed by atoms with Crippen LogP contribution >= 0.6 is 0 Å². The van der Waals surface area contributed by atoms with Crippen molar-refractivity contribution in [3.63, 3.8) is 0 Å². The van der Waals surface area contributed by atoms with Crippen molar-refractivity contribution in [2.75, 3.05) is 38.0 Å². The molecule has 3 aromatic rings. The Kier molecular flexibility index (Phi) is 8.14. The van der Waals surface area contributed by atoms with E-state index in [0.29, 0.717) is 30.9 Å². The van der Waals surface area contributed by atoms with Crippen LogP contribution in [0, 0.1) is 0 Å². The molecule has 2 heterocycles. The molecule has 1 N–H and O–H groups in total. The number of carbonyl (C=O) groups is 1. The van der Waals surface area contributed by atoms with Crippen molar-refractivity contribution in [1.29, 1.82) is 0 Å². The van der Waals surface area contributed by atoms with E-state index in [1.165, 1.54) is 12.1 Å². The van der Waals surface area contributed by atoms with Gasteiger partial charge < -0.3 is 19.5 Å². The first-order chi connectivity index (χ1) is 18.0. The number of urea groups is 1. The number of nitrogens with one attached hydrogen (secondary N) is 1. The number of halogens is 6. The Morgan fingerprint density at radius 2 is 1.53 bits per heavy atom. The van der Waals surface area contributed by atoms with Crippen molar-refractivity contribution >= 4 is 11.7 Å². The Bertz CT molecular complexity index is 1170. The first-order valence-electron chi connectivity index (χ1n) is 11.7. The summed E-state index contributed by atoms with van der Waals surface area (Å²) in [6.07, 6.45) is -4.47. The van der Waals surface area contributed by atoms with Crippen LogP contribution in [0.25, 0.3) is 0 Å². The molecular formula is C25H25F6N5O2. The maximum atomic E-state index is 13.0. The standard InChI is InChI=1S/C25H25F6N5O2/c26-24(27,28)19-13-18(14-20(15-19)25(29,30)31)16-38-22-3-1-21(2-4-22)33-23(37)36-11-9-34(10-12-36)7-8-35-6-5-32-17-35/h1-6,13-15,17H,7-12,16H2,(H,33,37). The van der Waals surface area contributed by atoms with Gasteiger partial charge in [-0.3, -0.25) is 4.90 Å². The Morgan fingerprint density at radius 3 is 2.08 bits per heavy atom. The van der Waals surface area contributed by atoms with Gasteiger partial charge in [-0.25, -0.2) is 9.78 Å². The zero-order valence-corrected chi connectivity index (χ0v) is 20.1. The minimum atomic E-state index is -4.93. The lowest BCUT2D eigenvalue weighted by atomic mass is 10.1. The predicted octanol–water partition coefficient (Wildman–Crippen LogP) is 5.35. The van der Waals surface area contributed by atoms with Crippen LogP contribution < -0.4 is 10.1 Å². The monoisotopic (exact) mass is 541 g/mol. The summed E-state index contributed by atoms with van der Waals surface area (Å²) in [6, 6.07) is 7.09. The zero-order valence-electron chi connectivity index (χ0n) is 20.1. The number of hydrogen-bond acceptors (Lipinski definition) is 4. The maximum absolute atomic E-state index is 13.0. The molecule has 204 valence electrons. The normalized spacial score (nSPS) is 14.9. The van der Waals surface area contributed by atoms with E-state index >= 15 is 0 Å². The second kappa shape index (κ2) is 11.3. The van der Waals surface area contributed by atoms with Crippen molar-refractivity contribution in [2.24, 2.45) is 0 Å². The number of aromatic nitrogens is 2. The summed E-state index contributed by atoms with van der Waals surface area (Å²) >= 11 is 0. The molecule has 13 heteroatoms. The molecule has 1 aromatic heterocycles. The SMILES string of the molecule is O=C(Nc1ccc(OCc2cc(C(F)(F)F)cc(C(F)(F)F)c2)cc1)N1CCN(CCn2ccnc2)CC1. The third-order valence-corrected chi connectivity index (χ3v) is 6.05. The predicted molar refractivity (Wildman–Crippen MR) is 126 cm³/mol. The molecule has 0 radical (unpaired) electrons. The average molecular weight is 541 g/mol. The Labute approximate surface area is 214 Å². The van der Waals surface area contributed by atoms with E-state index < -0.39 is 30.1 Å². The van der Waals surface area contributed by atoms with Gasteiger partial charge in [0.05, 0.1) is 17.5 Å². The third-order valence-electron chi connectivity index (χ3n) is 6.05. The molecule has 0 bridgehead atoms. The highest BCUT2D eigenvalue weighted by Gasteiger charge is 2.37. The molecule has 0 spiro atoms. The molecule has 0 aliphatic carbocycles. The van der Waals surface area contributed by atoms with Gasteiger partial charge >= 0.3 is 18.4 Å². The van der Waals surface area contributed by atoms with Crippen molar-refractivity contribution < 1.29 is 35.9 Å². The fraction of sp³-hybridized carbons (Fsp3) is 0.360. The van der Waals surface area contributed by atoms with E-state index in [0.717, 1.165) is 26.2 Å². The number of nitrogens with zero attached hydrogens (tertiary/aromatic N) is 4. The van der Waals surface area contributed by atoms with E-state index in [1.54, 1.807) is 29.6 Å². The summed E-state index contributed by atoms with van der Waals surface area (Å²) in [4.78, 5) is 20.6. The highest BCUT2D eigenvalue weighted by Crippen LogP contribution is 2.36. The van der Waals surface area contributed by atoms with E-state index in [9.17, 15) is 31.1 Å². The summed E-state index contributed by atoms with van der Waals surface area (Å²) < 4.78 is 85.6. The van der Waals surface area contributed by atoms with E-state index in [1.807, 2.05) is 10.8 Å². The second-order valence-corrected chi connectivity index (χ2v) is 8.79. The molecule has 1 saturated heterocycles. The molecule has 1 aliphatic heterocycles. The quantitative estimate of drug-likeness (QED) is 0.410. The largest absolute Gasteiger partial charge is 0.489 e. The lowest BCUT2D eigenvalue weighted by Crippen LogP contribution is -2.50. The van der Waals surface area contributed by atoms with Gasteiger partial charge in [-0.15, -0.1) is 0 Å². The summed E-state index contributed by atoms with van der Waals surface area (Å²) in [5.41, 5.74) is -2.59. The summed E-state index contributed by atoms with van der Waals surface area (Å²) in [6.45, 7) is 3.77. The number of imidazole rings is 1.